The van der Waals surface area contributed by atoms with Crippen LogP contribution in [0.2, 0.25) is 0 Å². The highest BCUT2D eigenvalue weighted by molar-refractivity contribution is 6.07. The third-order valence-corrected chi connectivity index (χ3v) is 7.56. The lowest BCUT2D eigenvalue weighted by atomic mass is 9.82. The summed E-state index contributed by atoms with van der Waals surface area (Å²) in [5.41, 5.74) is 4.42. The van der Waals surface area contributed by atoms with Gasteiger partial charge in [0.1, 0.15) is 11.6 Å². The molecule has 3 heterocycles. The van der Waals surface area contributed by atoms with Gasteiger partial charge < -0.3 is 14.4 Å². The molecule has 6 nitrogen and oxygen atoms in total. The largest absolute Gasteiger partial charge is 0.370 e. The second kappa shape index (κ2) is 7.48. The topological polar surface area (TPSA) is 69.3 Å². The summed E-state index contributed by atoms with van der Waals surface area (Å²) in [4.78, 5) is 29.5. The van der Waals surface area contributed by atoms with E-state index in [0.717, 1.165) is 53.8 Å². The van der Waals surface area contributed by atoms with Gasteiger partial charge in [-0.15, -0.1) is 0 Å². The Bertz CT molecular complexity index is 1390. The summed E-state index contributed by atoms with van der Waals surface area (Å²) in [5.74, 6) is 0.512. The average Bonchev–Trinajstić information content (AvgIpc) is 3.01. The van der Waals surface area contributed by atoms with Gasteiger partial charge >= 0.3 is 0 Å². The molecule has 0 unspecified atom stereocenters. The molecular weight excluding hydrogens is 412 g/mol. The maximum Gasteiger partial charge on any atom is 0.270 e. The normalized spacial score (nSPS) is 18.0. The van der Waals surface area contributed by atoms with Crippen molar-refractivity contribution in [2.24, 2.45) is 7.05 Å². The SMILES string of the molecule is CN1C(=O)C(C)(C)c2cc(C3CCN(c4c(C#N)c(=O)n(C)c5ccccc45)CC3)ccc21. The van der Waals surface area contributed by atoms with Gasteiger partial charge in [-0.2, -0.15) is 5.26 Å². The van der Waals surface area contributed by atoms with Crippen LogP contribution in [-0.2, 0) is 17.3 Å². The molecule has 5 rings (SSSR count). The summed E-state index contributed by atoms with van der Waals surface area (Å²) in [5, 5.41) is 10.7. The predicted octanol–water partition coefficient (Wildman–Crippen LogP) is 4.05. The number of rotatable bonds is 2. The molecular formula is C27H28N4O2. The van der Waals surface area contributed by atoms with Gasteiger partial charge in [0, 0.05) is 38.3 Å². The van der Waals surface area contributed by atoms with Crippen LogP contribution in [-0.4, -0.2) is 30.6 Å². The van der Waals surface area contributed by atoms with Crippen LogP contribution < -0.4 is 15.4 Å². The molecule has 1 amide bonds. The van der Waals surface area contributed by atoms with Gasteiger partial charge in [-0.1, -0.05) is 30.3 Å². The number of nitrogens with zero attached hydrogens (tertiary/aromatic N) is 4. The fraction of sp³-hybridized carbons (Fsp3) is 0.370. The molecule has 168 valence electrons. The zero-order valence-corrected chi connectivity index (χ0v) is 19.6. The third kappa shape index (κ3) is 3.06. The Morgan fingerprint density at radius 3 is 2.42 bits per heavy atom. The number of carbonyl (C=O) groups excluding carboxylic acids is 1. The number of anilines is 2. The smallest absolute Gasteiger partial charge is 0.270 e. The van der Waals surface area contributed by atoms with Crippen LogP contribution in [0.4, 0.5) is 11.4 Å². The summed E-state index contributed by atoms with van der Waals surface area (Å²) in [7, 11) is 3.56. The van der Waals surface area contributed by atoms with E-state index in [2.05, 4.69) is 29.2 Å². The summed E-state index contributed by atoms with van der Waals surface area (Å²) in [6, 6.07) is 16.4. The van der Waals surface area contributed by atoms with E-state index in [1.165, 1.54) is 5.56 Å². The number of hydrogen-bond acceptors (Lipinski definition) is 4. The van der Waals surface area contributed by atoms with E-state index in [1.54, 1.807) is 16.5 Å². The van der Waals surface area contributed by atoms with Crippen molar-refractivity contribution in [1.29, 1.82) is 5.26 Å². The number of benzene rings is 2. The molecule has 1 aromatic heterocycles. The quantitative estimate of drug-likeness (QED) is 0.603. The zero-order valence-electron chi connectivity index (χ0n) is 19.6. The zero-order chi connectivity index (χ0) is 23.5. The first-order valence-electron chi connectivity index (χ1n) is 11.4. The molecule has 33 heavy (non-hydrogen) atoms. The second-order valence-corrected chi connectivity index (χ2v) is 9.74. The number of likely N-dealkylation sites (N-methyl/N-ethyl adjacent to an activating group) is 1. The molecule has 0 atom stereocenters. The van der Waals surface area contributed by atoms with Gasteiger partial charge in [0.2, 0.25) is 5.91 Å². The first kappa shape index (κ1) is 21.3. The van der Waals surface area contributed by atoms with Crippen molar-refractivity contribution in [1.82, 2.24) is 4.57 Å². The Hall–Kier alpha value is -3.59. The van der Waals surface area contributed by atoms with Crippen molar-refractivity contribution in [3.8, 4) is 6.07 Å². The van der Waals surface area contributed by atoms with Gasteiger partial charge in [-0.25, -0.2) is 0 Å². The minimum Gasteiger partial charge on any atom is -0.370 e. The summed E-state index contributed by atoms with van der Waals surface area (Å²) >= 11 is 0. The van der Waals surface area contributed by atoms with E-state index < -0.39 is 5.41 Å². The summed E-state index contributed by atoms with van der Waals surface area (Å²) in [6.07, 6.45) is 1.86. The summed E-state index contributed by atoms with van der Waals surface area (Å²) < 4.78 is 1.56. The minimum atomic E-state index is -0.508. The monoisotopic (exact) mass is 440 g/mol. The minimum absolute atomic E-state index is 0.131. The van der Waals surface area contributed by atoms with Gasteiger partial charge in [-0.3, -0.25) is 9.59 Å². The average molecular weight is 441 g/mol. The standard InChI is InChI=1S/C27H28N4O2/c1-27(2)21-15-18(9-10-23(21)30(4)26(27)33)17-11-13-31(14-12-17)24-19-7-5-6-8-22(19)29(3)25(32)20(24)16-28/h5-10,15,17H,11-14H2,1-4H3. The van der Waals surface area contributed by atoms with Gasteiger partial charge in [0.25, 0.3) is 5.56 Å². The van der Waals surface area contributed by atoms with Crippen molar-refractivity contribution in [2.75, 3.05) is 29.9 Å². The highest BCUT2D eigenvalue weighted by atomic mass is 16.2. The van der Waals surface area contributed by atoms with Gasteiger partial charge in [-0.05, 0) is 55.9 Å². The van der Waals surface area contributed by atoms with E-state index >= 15 is 0 Å². The van der Waals surface area contributed by atoms with Crippen LogP contribution in [0.1, 0.15) is 49.3 Å². The molecule has 0 bridgehead atoms. The third-order valence-electron chi connectivity index (χ3n) is 7.56. The Labute approximate surface area is 193 Å². The molecule has 0 radical (unpaired) electrons. The van der Waals surface area contributed by atoms with Crippen molar-refractivity contribution >= 4 is 28.2 Å². The fourth-order valence-corrected chi connectivity index (χ4v) is 5.59. The fourth-order valence-electron chi connectivity index (χ4n) is 5.59. The Morgan fingerprint density at radius 2 is 1.73 bits per heavy atom. The van der Waals surface area contributed by atoms with Crippen molar-refractivity contribution in [3.05, 3.63) is 69.5 Å². The number of nitriles is 1. The maximum atomic E-state index is 12.9. The van der Waals surface area contributed by atoms with Crippen LogP contribution in [0.25, 0.3) is 10.9 Å². The molecule has 2 aromatic carbocycles. The molecule has 0 N–H and O–H groups in total. The Kier molecular flexibility index (Phi) is 4.82. The number of para-hydroxylation sites is 1. The highest BCUT2D eigenvalue weighted by Gasteiger charge is 2.42. The number of aromatic nitrogens is 1. The van der Waals surface area contributed by atoms with Crippen LogP contribution in [0, 0.1) is 11.3 Å². The second-order valence-electron chi connectivity index (χ2n) is 9.74. The number of aryl methyl sites for hydroxylation is 1. The molecule has 0 spiro atoms. The lowest BCUT2D eigenvalue weighted by molar-refractivity contribution is -0.121. The van der Waals surface area contributed by atoms with Crippen molar-refractivity contribution in [3.63, 3.8) is 0 Å². The number of pyridine rings is 1. The van der Waals surface area contributed by atoms with E-state index in [4.69, 9.17) is 0 Å². The van der Waals surface area contributed by atoms with E-state index in [0.29, 0.717) is 5.92 Å². The van der Waals surface area contributed by atoms with Crippen LogP contribution in [0.5, 0.6) is 0 Å². The van der Waals surface area contributed by atoms with Gasteiger partial charge in [0.15, 0.2) is 0 Å². The van der Waals surface area contributed by atoms with Crippen LogP contribution in [0.15, 0.2) is 47.3 Å². The van der Waals surface area contributed by atoms with E-state index in [9.17, 15) is 14.9 Å². The van der Waals surface area contributed by atoms with Crippen molar-refractivity contribution < 1.29 is 4.79 Å². The summed E-state index contributed by atoms with van der Waals surface area (Å²) in [6.45, 7) is 5.54. The number of carbonyl (C=O) groups is 1. The predicted molar refractivity (Wildman–Crippen MR) is 131 cm³/mol. The lowest BCUT2D eigenvalue weighted by Crippen LogP contribution is -2.36. The van der Waals surface area contributed by atoms with Gasteiger partial charge in [0.05, 0.1) is 16.6 Å². The van der Waals surface area contributed by atoms with Crippen LogP contribution >= 0.6 is 0 Å². The van der Waals surface area contributed by atoms with Crippen LogP contribution in [0.3, 0.4) is 0 Å². The highest BCUT2D eigenvalue weighted by Crippen LogP contribution is 2.43. The maximum absolute atomic E-state index is 12.9. The number of amides is 1. The van der Waals surface area contributed by atoms with E-state index in [1.807, 2.05) is 45.2 Å². The molecule has 1 saturated heterocycles. The first-order chi connectivity index (χ1) is 15.8. The Balaban J connectivity index is 1.46. The molecule has 2 aliphatic rings. The molecule has 0 saturated carbocycles. The number of fused-ring (bicyclic) bond motifs is 2. The Morgan fingerprint density at radius 1 is 1.03 bits per heavy atom. The molecule has 3 aromatic rings. The molecule has 2 aliphatic heterocycles. The number of piperidine rings is 1. The molecule has 0 aliphatic carbocycles. The lowest BCUT2D eigenvalue weighted by Gasteiger charge is -2.35. The number of hydrogen-bond donors (Lipinski definition) is 0. The molecule has 6 heteroatoms. The first-order valence-corrected chi connectivity index (χ1v) is 11.4. The molecule has 1 fully saturated rings. The van der Waals surface area contributed by atoms with Crippen molar-refractivity contribution in [2.45, 2.75) is 38.0 Å². The van der Waals surface area contributed by atoms with E-state index in [-0.39, 0.29) is 17.0 Å².